The second-order valence-corrected chi connectivity index (χ2v) is 12.0. The molecule has 11 heteroatoms. The zero-order chi connectivity index (χ0) is 27.4. The molecule has 5 rings (SSSR count). The fraction of sp³-hybridized carbons (Fsp3) is 0.321. The van der Waals surface area contributed by atoms with E-state index in [2.05, 4.69) is 4.98 Å². The van der Waals surface area contributed by atoms with E-state index in [9.17, 15) is 13.2 Å². The van der Waals surface area contributed by atoms with Gasteiger partial charge in [0.25, 0.3) is 5.91 Å². The van der Waals surface area contributed by atoms with Crippen molar-refractivity contribution in [2.24, 2.45) is 0 Å². The van der Waals surface area contributed by atoms with Crippen LogP contribution in [-0.4, -0.2) is 54.9 Å². The Balaban J connectivity index is 1.47. The van der Waals surface area contributed by atoms with Crippen LogP contribution in [0.1, 0.15) is 42.6 Å². The molecule has 0 radical (unpaired) electrons. The summed E-state index contributed by atoms with van der Waals surface area (Å²) in [5, 5.41) is 0.509. The van der Waals surface area contributed by atoms with Crippen LogP contribution in [0.3, 0.4) is 0 Å². The summed E-state index contributed by atoms with van der Waals surface area (Å²) in [7, 11) is -3.65. The Morgan fingerprint density at radius 1 is 1.05 bits per heavy atom. The number of unbranched alkanes of at least 4 members (excludes halogenated alkanes) is 1. The quantitative estimate of drug-likeness (QED) is 0.263. The molecule has 0 N–H and O–H groups in total. The van der Waals surface area contributed by atoms with Crippen LogP contribution < -0.4 is 14.4 Å². The van der Waals surface area contributed by atoms with Gasteiger partial charge in [-0.25, -0.2) is 13.4 Å². The van der Waals surface area contributed by atoms with Gasteiger partial charge in [-0.15, -0.1) is 0 Å². The molecule has 0 saturated carbocycles. The highest BCUT2D eigenvalue weighted by Crippen LogP contribution is 2.39. The first-order valence-electron chi connectivity index (χ1n) is 12.9. The number of carbonyl (C=O) groups is 1. The van der Waals surface area contributed by atoms with Gasteiger partial charge in [-0.3, -0.25) is 14.7 Å². The minimum Gasteiger partial charge on any atom is -0.486 e. The van der Waals surface area contributed by atoms with Gasteiger partial charge in [0.2, 0.25) is 10.0 Å². The monoisotopic (exact) mass is 566 g/mol. The first-order chi connectivity index (χ1) is 18.9. The third kappa shape index (κ3) is 5.75. The van der Waals surface area contributed by atoms with Crippen molar-refractivity contribution in [3.05, 3.63) is 72.1 Å². The highest BCUT2D eigenvalue weighted by molar-refractivity contribution is 7.89. The van der Waals surface area contributed by atoms with Crippen molar-refractivity contribution in [2.45, 2.75) is 38.1 Å². The zero-order valence-corrected chi connectivity index (χ0v) is 23.5. The van der Waals surface area contributed by atoms with Crippen LogP contribution in [0.4, 0.5) is 5.13 Å². The number of sulfonamides is 1. The van der Waals surface area contributed by atoms with E-state index in [-0.39, 0.29) is 17.3 Å². The molecule has 3 heterocycles. The Hall–Kier alpha value is -3.54. The van der Waals surface area contributed by atoms with E-state index in [1.54, 1.807) is 29.4 Å². The van der Waals surface area contributed by atoms with Crippen molar-refractivity contribution >= 4 is 42.6 Å². The van der Waals surface area contributed by atoms with Crippen LogP contribution in [0, 0.1) is 0 Å². The molecule has 39 heavy (non-hydrogen) atoms. The molecule has 0 bridgehead atoms. The van der Waals surface area contributed by atoms with Gasteiger partial charge >= 0.3 is 0 Å². The normalized spacial score (nSPS) is 13.1. The predicted octanol–water partition coefficient (Wildman–Crippen LogP) is 5.12. The molecule has 0 unspecified atom stereocenters. The lowest BCUT2D eigenvalue weighted by atomic mass is 10.2. The lowest BCUT2D eigenvalue weighted by Gasteiger charge is -2.21. The van der Waals surface area contributed by atoms with Gasteiger partial charge < -0.3 is 9.47 Å². The largest absolute Gasteiger partial charge is 0.486 e. The molecule has 0 atom stereocenters. The Kier molecular flexibility index (Phi) is 8.10. The van der Waals surface area contributed by atoms with Gasteiger partial charge in [0.1, 0.15) is 13.2 Å². The first-order valence-corrected chi connectivity index (χ1v) is 15.2. The molecule has 1 amide bonds. The molecule has 0 saturated heterocycles. The van der Waals surface area contributed by atoms with E-state index in [4.69, 9.17) is 14.5 Å². The minimum absolute atomic E-state index is 0.168. The second kappa shape index (κ2) is 11.7. The van der Waals surface area contributed by atoms with E-state index in [0.717, 1.165) is 23.1 Å². The fourth-order valence-corrected chi connectivity index (χ4v) is 6.79. The summed E-state index contributed by atoms with van der Waals surface area (Å²) in [5.74, 6) is 0.996. The number of amides is 1. The average molecular weight is 567 g/mol. The van der Waals surface area contributed by atoms with Gasteiger partial charge in [0, 0.05) is 43.2 Å². The number of rotatable bonds is 10. The SMILES string of the molecule is CCCCN(CC)S(=O)(=O)c1ccc(C(=O)N(Cc2cccnc2)c2nc3cc4c(cc3s2)OCCO4)cc1. The summed E-state index contributed by atoms with van der Waals surface area (Å²) in [4.78, 5) is 24.5. The smallest absolute Gasteiger partial charge is 0.260 e. The zero-order valence-electron chi connectivity index (χ0n) is 21.9. The lowest BCUT2D eigenvalue weighted by molar-refractivity contribution is 0.0985. The van der Waals surface area contributed by atoms with E-state index in [1.807, 2.05) is 38.1 Å². The molecule has 0 spiro atoms. The molecule has 1 aliphatic heterocycles. The van der Waals surface area contributed by atoms with E-state index < -0.39 is 10.0 Å². The number of hydrogen-bond acceptors (Lipinski definition) is 8. The molecule has 0 fully saturated rings. The molecule has 9 nitrogen and oxygen atoms in total. The van der Waals surface area contributed by atoms with Crippen molar-refractivity contribution < 1.29 is 22.7 Å². The number of benzene rings is 2. The summed E-state index contributed by atoms with van der Waals surface area (Å²) in [6.45, 7) is 5.91. The maximum absolute atomic E-state index is 13.8. The number of carbonyl (C=O) groups excluding carboxylic acids is 1. The third-order valence-electron chi connectivity index (χ3n) is 6.43. The van der Waals surface area contributed by atoms with Crippen molar-refractivity contribution in [3.63, 3.8) is 0 Å². The predicted molar refractivity (Wildman–Crippen MR) is 151 cm³/mol. The van der Waals surface area contributed by atoms with Crippen molar-refractivity contribution in [1.82, 2.24) is 14.3 Å². The highest BCUT2D eigenvalue weighted by atomic mass is 32.2. The Morgan fingerprint density at radius 2 is 1.79 bits per heavy atom. The maximum atomic E-state index is 13.8. The third-order valence-corrected chi connectivity index (χ3v) is 9.46. The molecule has 0 aliphatic carbocycles. The van der Waals surface area contributed by atoms with E-state index >= 15 is 0 Å². The van der Waals surface area contributed by atoms with Crippen LogP contribution in [-0.2, 0) is 16.6 Å². The Labute approximate surface area is 232 Å². The number of hydrogen-bond donors (Lipinski definition) is 0. The molecular weight excluding hydrogens is 536 g/mol. The van der Waals surface area contributed by atoms with Crippen LogP contribution >= 0.6 is 11.3 Å². The molecule has 2 aromatic heterocycles. The number of thiazole rings is 1. The fourth-order valence-electron chi connectivity index (χ4n) is 4.33. The van der Waals surface area contributed by atoms with Gasteiger partial charge in [0.05, 0.1) is 21.7 Å². The van der Waals surface area contributed by atoms with Crippen molar-refractivity contribution in [2.75, 3.05) is 31.2 Å². The lowest BCUT2D eigenvalue weighted by Crippen LogP contribution is -2.32. The van der Waals surface area contributed by atoms with Crippen molar-refractivity contribution in [3.8, 4) is 11.5 Å². The second-order valence-electron chi connectivity index (χ2n) is 9.09. The minimum atomic E-state index is -3.65. The standard InChI is InChI=1S/C28H30N4O5S2/c1-3-5-13-31(4-2)39(34,35)22-10-8-21(9-11-22)27(33)32(19-20-7-6-12-29-18-20)28-30-23-16-24-25(17-26(23)38-28)37-15-14-36-24/h6-12,16-18H,3-5,13-15,19H2,1-2H3. The number of pyridine rings is 1. The van der Waals surface area contributed by atoms with Crippen LogP contribution in [0.2, 0.25) is 0 Å². The van der Waals surface area contributed by atoms with E-state index in [1.165, 1.54) is 27.8 Å². The Morgan fingerprint density at radius 3 is 2.46 bits per heavy atom. The molecule has 4 aromatic rings. The summed E-state index contributed by atoms with van der Waals surface area (Å²) in [5.41, 5.74) is 1.90. The number of nitrogens with zero attached hydrogens (tertiary/aromatic N) is 4. The molecular formula is C28H30N4O5S2. The maximum Gasteiger partial charge on any atom is 0.260 e. The van der Waals surface area contributed by atoms with Gasteiger partial charge in [-0.05, 0) is 42.3 Å². The average Bonchev–Trinajstić information content (AvgIpc) is 3.37. The highest BCUT2D eigenvalue weighted by Gasteiger charge is 2.26. The summed E-state index contributed by atoms with van der Waals surface area (Å²) >= 11 is 1.38. The summed E-state index contributed by atoms with van der Waals surface area (Å²) in [6, 6.07) is 13.5. The number of fused-ring (bicyclic) bond motifs is 2. The van der Waals surface area contributed by atoms with Gasteiger partial charge in [0.15, 0.2) is 16.6 Å². The molecule has 1 aliphatic rings. The summed E-state index contributed by atoms with van der Waals surface area (Å²) in [6.07, 6.45) is 5.08. The topological polar surface area (TPSA) is 102 Å². The van der Waals surface area contributed by atoms with Gasteiger partial charge in [-0.1, -0.05) is 37.7 Å². The first kappa shape index (κ1) is 27.0. The molecule has 204 valence electrons. The van der Waals surface area contributed by atoms with Crippen LogP contribution in [0.25, 0.3) is 10.2 Å². The van der Waals surface area contributed by atoms with Crippen LogP contribution in [0.15, 0.2) is 65.8 Å². The number of ether oxygens (including phenoxy) is 2. The summed E-state index contributed by atoms with van der Waals surface area (Å²) < 4.78 is 40.0. The van der Waals surface area contributed by atoms with E-state index in [0.29, 0.717) is 54.0 Å². The number of anilines is 1. The molecule has 2 aromatic carbocycles. The number of aromatic nitrogens is 2. The van der Waals surface area contributed by atoms with Gasteiger partial charge in [-0.2, -0.15) is 4.31 Å². The van der Waals surface area contributed by atoms with Crippen LogP contribution in [0.5, 0.6) is 11.5 Å². The van der Waals surface area contributed by atoms with Crippen molar-refractivity contribution in [1.29, 1.82) is 0 Å². The Bertz CT molecular complexity index is 1510.